The Morgan fingerprint density at radius 1 is 0.972 bits per heavy atom. The third-order valence-corrected chi connectivity index (χ3v) is 7.40. The van der Waals surface area contributed by atoms with Gasteiger partial charge in [0.25, 0.3) is 0 Å². The normalized spacial score (nSPS) is 15.9. The number of thioether (sulfide) groups is 1. The molecule has 3 aromatic rings. The Morgan fingerprint density at radius 2 is 1.75 bits per heavy atom. The Labute approximate surface area is 211 Å². The molecule has 0 bridgehead atoms. The van der Waals surface area contributed by atoms with E-state index >= 15 is 0 Å². The number of nitrogens with one attached hydrogen (secondary N) is 2. The van der Waals surface area contributed by atoms with E-state index in [9.17, 15) is 17.6 Å². The molecule has 11 heteroatoms. The fourth-order valence-electron chi connectivity index (χ4n) is 4.51. The van der Waals surface area contributed by atoms with Gasteiger partial charge in [0.05, 0.1) is 28.2 Å². The zero-order valence-corrected chi connectivity index (χ0v) is 20.7. The van der Waals surface area contributed by atoms with Gasteiger partial charge in [0.2, 0.25) is 5.95 Å². The van der Waals surface area contributed by atoms with Crippen LogP contribution in [0, 0.1) is 23.3 Å². The Hall–Kier alpha value is -3.05. The highest BCUT2D eigenvalue weighted by molar-refractivity contribution is 7.99. The van der Waals surface area contributed by atoms with Crippen LogP contribution < -0.4 is 20.4 Å². The van der Waals surface area contributed by atoms with E-state index in [1.165, 1.54) is 30.0 Å². The Kier molecular flexibility index (Phi) is 6.94. The molecule has 1 fully saturated rings. The summed E-state index contributed by atoms with van der Waals surface area (Å²) >= 11 is 1.42. The lowest BCUT2D eigenvalue weighted by Crippen LogP contribution is -2.44. The molecule has 0 amide bonds. The van der Waals surface area contributed by atoms with Crippen LogP contribution in [0.25, 0.3) is 11.3 Å². The van der Waals surface area contributed by atoms with Crippen molar-refractivity contribution in [3.05, 3.63) is 53.7 Å². The number of anilines is 4. The van der Waals surface area contributed by atoms with Gasteiger partial charge in [-0.2, -0.15) is 0 Å². The predicted molar refractivity (Wildman–Crippen MR) is 135 cm³/mol. The molecule has 5 rings (SSSR count). The third kappa shape index (κ3) is 4.69. The first kappa shape index (κ1) is 24.6. The summed E-state index contributed by atoms with van der Waals surface area (Å²) in [6.45, 7) is 7.27. The number of halogens is 4. The highest BCUT2D eigenvalue weighted by Gasteiger charge is 2.25. The molecule has 6 nitrogen and oxygen atoms in total. The fraction of sp³-hybridized carbons (Fsp3) is 0.360. The predicted octanol–water partition coefficient (Wildman–Crippen LogP) is 5.17. The topological polar surface area (TPSA) is 56.3 Å². The van der Waals surface area contributed by atoms with Gasteiger partial charge in [0.1, 0.15) is 11.5 Å². The van der Waals surface area contributed by atoms with Crippen LogP contribution in [-0.4, -0.2) is 54.5 Å². The van der Waals surface area contributed by atoms with Crippen LogP contribution >= 0.6 is 11.8 Å². The van der Waals surface area contributed by atoms with Gasteiger partial charge in [0, 0.05) is 50.1 Å². The molecule has 1 aromatic heterocycles. The van der Waals surface area contributed by atoms with Crippen LogP contribution in [0.2, 0.25) is 0 Å². The average Bonchev–Trinajstić information content (AvgIpc) is 2.88. The number of benzene rings is 2. The highest BCUT2D eigenvalue weighted by Crippen LogP contribution is 2.41. The second-order valence-corrected chi connectivity index (χ2v) is 10.1. The fourth-order valence-corrected chi connectivity index (χ4v) is 5.52. The average molecular weight is 519 g/mol. The summed E-state index contributed by atoms with van der Waals surface area (Å²) in [4.78, 5) is 12.4. The van der Waals surface area contributed by atoms with E-state index in [0.29, 0.717) is 36.8 Å². The third-order valence-electron chi connectivity index (χ3n) is 6.32. The van der Waals surface area contributed by atoms with Gasteiger partial charge in [0.15, 0.2) is 17.5 Å². The Bertz CT molecular complexity index is 1280. The molecule has 36 heavy (non-hydrogen) atoms. The Morgan fingerprint density at radius 3 is 2.50 bits per heavy atom. The van der Waals surface area contributed by atoms with Gasteiger partial charge in [-0.05, 0) is 38.1 Å². The summed E-state index contributed by atoms with van der Waals surface area (Å²) in [6.07, 6.45) is 0.931. The van der Waals surface area contributed by atoms with Gasteiger partial charge < -0.3 is 20.4 Å². The molecule has 1 saturated heterocycles. The largest absolute Gasteiger partial charge is 0.367 e. The molecule has 2 aliphatic heterocycles. The molecule has 0 unspecified atom stereocenters. The number of piperazine rings is 1. The van der Waals surface area contributed by atoms with Crippen LogP contribution in [0.5, 0.6) is 0 Å². The first-order valence-corrected chi connectivity index (χ1v) is 12.8. The first-order chi connectivity index (χ1) is 17.3. The number of rotatable bonds is 5. The lowest BCUT2D eigenvalue weighted by molar-refractivity contribution is 0.502. The van der Waals surface area contributed by atoms with Crippen molar-refractivity contribution in [3.63, 3.8) is 0 Å². The van der Waals surface area contributed by atoms with Crippen molar-refractivity contribution < 1.29 is 17.6 Å². The van der Waals surface area contributed by atoms with Crippen molar-refractivity contribution >= 4 is 34.8 Å². The van der Waals surface area contributed by atoms with Crippen LogP contribution in [0.1, 0.15) is 13.8 Å². The molecular weight excluding hydrogens is 492 g/mol. The number of aromatic nitrogens is 2. The molecule has 0 saturated carbocycles. The Balaban J connectivity index is 1.47. The zero-order valence-electron chi connectivity index (χ0n) is 19.9. The quantitative estimate of drug-likeness (QED) is 0.452. The van der Waals surface area contributed by atoms with Crippen molar-refractivity contribution in [1.29, 1.82) is 0 Å². The maximum Gasteiger partial charge on any atom is 0.228 e. The molecule has 3 heterocycles. The maximum atomic E-state index is 15.0. The number of hydrogen-bond donors (Lipinski definition) is 2. The summed E-state index contributed by atoms with van der Waals surface area (Å²) in [7, 11) is 0. The van der Waals surface area contributed by atoms with Gasteiger partial charge in [-0.3, -0.25) is 0 Å². The van der Waals surface area contributed by atoms with E-state index in [-0.39, 0.29) is 34.6 Å². The molecule has 190 valence electrons. The molecular formula is C25H26F4N6S. The first-order valence-electron chi connectivity index (χ1n) is 11.8. The van der Waals surface area contributed by atoms with Crippen LogP contribution in [-0.2, 0) is 0 Å². The van der Waals surface area contributed by atoms with Crippen molar-refractivity contribution in [3.8, 4) is 11.3 Å². The van der Waals surface area contributed by atoms with E-state index in [1.807, 2.05) is 13.8 Å². The molecule has 0 radical (unpaired) electrons. The van der Waals surface area contributed by atoms with Crippen molar-refractivity contribution in [2.45, 2.75) is 24.8 Å². The van der Waals surface area contributed by atoms with E-state index in [4.69, 9.17) is 0 Å². The van der Waals surface area contributed by atoms with Gasteiger partial charge in [-0.1, -0.05) is 0 Å². The number of hydrogen-bond acceptors (Lipinski definition) is 7. The molecule has 2 aromatic carbocycles. The molecule has 0 atom stereocenters. The van der Waals surface area contributed by atoms with E-state index in [2.05, 4.69) is 25.5 Å². The number of nitrogens with zero attached hydrogens (tertiary/aromatic N) is 4. The number of fused-ring (bicyclic) bond motifs is 1. The van der Waals surface area contributed by atoms with Crippen molar-refractivity contribution in [2.75, 3.05) is 53.6 Å². The standard InChI is InChI=1S/C25H26F4N6S/c1-14(2)35-9-10-36-24-16(26)11-15(12-20(24)35)23-17(27)13-31-25(33-23)32-18-3-4-19(22(29)21(18)28)34-7-5-30-6-8-34/h3-4,11-14,30H,5-10H2,1-2H3,(H,31,32,33). The SMILES string of the molecule is CC(C)N1CCSc2c(F)cc(-c3nc(Nc4ccc(N5CCNCC5)c(F)c4F)ncc3F)cc21. The maximum absolute atomic E-state index is 15.0. The molecule has 2 aliphatic rings. The van der Waals surface area contributed by atoms with Gasteiger partial charge >= 0.3 is 0 Å². The van der Waals surface area contributed by atoms with Gasteiger partial charge in [-0.15, -0.1) is 11.8 Å². The summed E-state index contributed by atoms with van der Waals surface area (Å²) in [5, 5.41) is 5.81. The van der Waals surface area contributed by atoms with Crippen molar-refractivity contribution in [1.82, 2.24) is 15.3 Å². The molecule has 0 spiro atoms. The van der Waals surface area contributed by atoms with Crippen LogP contribution in [0.15, 0.2) is 35.4 Å². The minimum absolute atomic E-state index is 0.132. The van der Waals surface area contributed by atoms with E-state index < -0.39 is 23.3 Å². The smallest absolute Gasteiger partial charge is 0.228 e. The van der Waals surface area contributed by atoms with Crippen molar-refractivity contribution in [2.24, 2.45) is 0 Å². The molecule has 0 aliphatic carbocycles. The summed E-state index contributed by atoms with van der Waals surface area (Å²) < 4.78 is 59.5. The summed E-state index contributed by atoms with van der Waals surface area (Å²) in [5.41, 5.74) is 0.788. The summed E-state index contributed by atoms with van der Waals surface area (Å²) in [5.74, 6) is -2.64. The lowest BCUT2D eigenvalue weighted by Gasteiger charge is -2.34. The van der Waals surface area contributed by atoms with E-state index in [0.717, 1.165) is 18.5 Å². The van der Waals surface area contributed by atoms with E-state index in [1.54, 1.807) is 11.0 Å². The zero-order chi connectivity index (χ0) is 25.4. The second kappa shape index (κ2) is 10.1. The summed E-state index contributed by atoms with van der Waals surface area (Å²) in [6, 6.07) is 5.98. The second-order valence-electron chi connectivity index (χ2n) is 8.95. The minimum Gasteiger partial charge on any atom is -0.367 e. The monoisotopic (exact) mass is 518 g/mol. The lowest BCUT2D eigenvalue weighted by atomic mass is 10.1. The van der Waals surface area contributed by atoms with Crippen LogP contribution in [0.4, 0.5) is 40.6 Å². The molecule has 2 N–H and O–H groups in total. The van der Waals surface area contributed by atoms with Crippen LogP contribution in [0.3, 0.4) is 0 Å². The highest BCUT2D eigenvalue weighted by atomic mass is 32.2. The minimum atomic E-state index is -1.08. The van der Waals surface area contributed by atoms with Gasteiger partial charge in [-0.25, -0.2) is 27.5 Å².